The molecule has 4 nitrogen and oxygen atoms in total. The predicted octanol–water partition coefficient (Wildman–Crippen LogP) is 1.22. The Morgan fingerprint density at radius 3 is 3.13 bits per heavy atom. The number of hydrogen-bond donors (Lipinski definition) is 0. The Kier molecular flexibility index (Phi) is 2.61. The second kappa shape index (κ2) is 4.07. The Morgan fingerprint density at radius 1 is 1.60 bits per heavy atom. The Morgan fingerprint density at radius 2 is 2.47 bits per heavy atom. The van der Waals surface area contributed by atoms with Gasteiger partial charge in [-0.3, -0.25) is 4.79 Å². The summed E-state index contributed by atoms with van der Waals surface area (Å²) < 4.78 is 1.56. The summed E-state index contributed by atoms with van der Waals surface area (Å²) >= 11 is 1.14. The number of nitrogens with zero attached hydrogens (tertiary/aromatic N) is 3. The van der Waals surface area contributed by atoms with Crippen molar-refractivity contribution in [3.05, 3.63) is 50.8 Å². The van der Waals surface area contributed by atoms with E-state index in [0.717, 1.165) is 16.9 Å². The molecule has 0 radical (unpaired) electrons. The third-order valence-electron chi connectivity index (χ3n) is 1.98. The van der Waals surface area contributed by atoms with Crippen molar-refractivity contribution in [3.8, 4) is 6.07 Å². The summed E-state index contributed by atoms with van der Waals surface area (Å²) in [5.41, 5.74) is 1.14. The maximum Gasteiger partial charge on any atom is 0.307 e. The van der Waals surface area contributed by atoms with E-state index in [-0.39, 0.29) is 4.87 Å². The molecule has 2 rings (SSSR count). The third kappa shape index (κ3) is 1.95. The molecule has 2 heterocycles. The molecule has 0 N–H and O–H groups in total. The Balaban J connectivity index is 2.37. The van der Waals surface area contributed by atoms with Crippen LogP contribution in [0.4, 0.5) is 0 Å². The lowest BCUT2D eigenvalue weighted by atomic mass is 10.2. The molecule has 0 aromatic carbocycles. The van der Waals surface area contributed by atoms with Gasteiger partial charge in [-0.05, 0) is 6.07 Å². The van der Waals surface area contributed by atoms with Crippen LogP contribution in [0.2, 0.25) is 0 Å². The Labute approximate surface area is 90.1 Å². The van der Waals surface area contributed by atoms with Gasteiger partial charge in [0.2, 0.25) is 0 Å². The Bertz CT molecular complexity index is 564. The molecule has 0 unspecified atom stereocenters. The van der Waals surface area contributed by atoms with Gasteiger partial charge in [0.15, 0.2) is 0 Å². The number of nitriles is 1. The fraction of sp³-hybridized carbons (Fsp3) is 0.100. The first-order valence-electron chi connectivity index (χ1n) is 4.29. The van der Waals surface area contributed by atoms with Crippen LogP contribution in [0.25, 0.3) is 0 Å². The van der Waals surface area contributed by atoms with Crippen molar-refractivity contribution in [2.45, 2.75) is 6.54 Å². The van der Waals surface area contributed by atoms with Crippen LogP contribution in [0, 0.1) is 11.3 Å². The number of rotatable bonds is 2. The van der Waals surface area contributed by atoms with E-state index in [2.05, 4.69) is 4.98 Å². The van der Waals surface area contributed by atoms with Gasteiger partial charge in [-0.2, -0.15) is 5.26 Å². The molecule has 74 valence electrons. The third-order valence-corrected chi connectivity index (χ3v) is 2.68. The molecule has 0 amide bonds. The smallest absolute Gasteiger partial charge is 0.301 e. The molecule has 0 saturated heterocycles. The molecule has 0 saturated carbocycles. The van der Waals surface area contributed by atoms with Crippen molar-refractivity contribution in [1.82, 2.24) is 9.55 Å². The fourth-order valence-corrected chi connectivity index (χ4v) is 1.84. The van der Waals surface area contributed by atoms with E-state index in [1.54, 1.807) is 34.5 Å². The molecule has 0 bridgehead atoms. The molecule has 0 fully saturated rings. The van der Waals surface area contributed by atoms with E-state index in [1.165, 1.54) is 0 Å². The topological polar surface area (TPSA) is 58.7 Å². The van der Waals surface area contributed by atoms with Gasteiger partial charge in [0.1, 0.15) is 11.8 Å². The normalized spacial score (nSPS) is 9.80. The molecule has 0 aliphatic rings. The lowest BCUT2D eigenvalue weighted by Crippen LogP contribution is -2.13. The molecule has 0 spiro atoms. The lowest BCUT2D eigenvalue weighted by molar-refractivity contribution is 0.777. The van der Waals surface area contributed by atoms with Gasteiger partial charge in [0.25, 0.3) is 0 Å². The highest BCUT2D eigenvalue weighted by Crippen LogP contribution is 2.05. The summed E-state index contributed by atoms with van der Waals surface area (Å²) in [6.45, 7) is 0.402. The average Bonchev–Trinajstić information content (AvgIpc) is 2.65. The zero-order valence-electron chi connectivity index (χ0n) is 7.75. The van der Waals surface area contributed by atoms with Gasteiger partial charge >= 0.3 is 4.87 Å². The maximum atomic E-state index is 11.3. The predicted molar refractivity (Wildman–Crippen MR) is 56.6 cm³/mol. The molecule has 15 heavy (non-hydrogen) atoms. The average molecular weight is 217 g/mol. The van der Waals surface area contributed by atoms with Crippen molar-refractivity contribution < 1.29 is 0 Å². The molecular weight excluding hydrogens is 210 g/mol. The number of thiazole rings is 1. The second-order valence-corrected chi connectivity index (χ2v) is 3.78. The minimum Gasteiger partial charge on any atom is -0.301 e. The molecule has 5 heteroatoms. The number of pyridine rings is 1. The van der Waals surface area contributed by atoms with Gasteiger partial charge < -0.3 is 4.57 Å². The van der Waals surface area contributed by atoms with Gasteiger partial charge in [-0.25, -0.2) is 4.98 Å². The van der Waals surface area contributed by atoms with Gasteiger partial charge in [-0.15, -0.1) is 0 Å². The van der Waals surface area contributed by atoms with Crippen LogP contribution >= 0.6 is 11.3 Å². The summed E-state index contributed by atoms with van der Waals surface area (Å²) in [5.74, 6) is 0. The highest BCUT2D eigenvalue weighted by molar-refractivity contribution is 7.07. The fourth-order valence-electron chi connectivity index (χ4n) is 1.26. The lowest BCUT2D eigenvalue weighted by Gasteiger charge is -2.02. The summed E-state index contributed by atoms with van der Waals surface area (Å²) in [6.07, 6.45) is 3.28. The van der Waals surface area contributed by atoms with E-state index in [0.29, 0.717) is 12.2 Å². The largest absolute Gasteiger partial charge is 0.307 e. The van der Waals surface area contributed by atoms with Crippen LogP contribution in [0.5, 0.6) is 0 Å². The Hall–Kier alpha value is -1.93. The summed E-state index contributed by atoms with van der Waals surface area (Å²) in [4.78, 5) is 15.2. The molecular formula is C10H7N3OS. The molecule has 2 aromatic rings. The highest BCUT2D eigenvalue weighted by Gasteiger charge is 2.04. The van der Waals surface area contributed by atoms with Crippen molar-refractivity contribution >= 4 is 11.3 Å². The summed E-state index contributed by atoms with van der Waals surface area (Å²) in [5, 5.41) is 10.5. The minimum absolute atomic E-state index is 0.0252. The van der Waals surface area contributed by atoms with Crippen LogP contribution in [0.3, 0.4) is 0 Å². The number of hydrogen-bond acceptors (Lipinski definition) is 4. The quantitative estimate of drug-likeness (QED) is 0.760. The molecule has 0 aliphatic carbocycles. The zero-order chi connectivity index (χ0) is 10.7. The van der Waals surface area contributed by atoms with E-state index in [9.17, 15) is 4.79 Å². The SMILES string of the molecule is N#Cc1ncccc1Cn1ccsc1=O. The molecule has 2 aromatic heterocycles. The van der Waals surface area contributed by atoms with E-state index in [1.807, 2.05) is 6.07 Å². The standard InChI is InChI=1S/C10H7N3OS/c11-6-9-8(2-1-3-12-9)7-13-4-5-15-10(13)14/h1-5H,7H2. The van der Waals surface area contributed by atoms with Crippen LogP contribution < -0.4 is 4.87 Å². The van der Waals surface area contributed by atoms with Gasteiger partial charge in [0.05, 0.1) is 6.54 Å². The second-order valence-electron chi connectivity index (χ2n) is 2.92. The first-order valence-corrected chi connectivity index (χ1v) is 5.17. The first-order chi connectivity index (χ1) is 7.31. The van der Waals surface area contributed by atoms with E-state index >= 15 is 0 Å². The van der Waals surface area contributed by atoms with Gasteiger partial charge in [-0.1, -0.05) is 17.4 Å². The maximum absolute atomic E-state index is 11.3. The van der Waals surface area contributed by atoms with Crippen molar-refractivity contribution in [2.24, 2.45) is 0 Å². The van der Waals surface area contributed by atoms with Crippen LogP contribution in [0.1, 0.15) is 11.3 Å². The van der Waals surface area contributed by atoms with Gasteiger partial charge in [0, 0.05) is 23.3 Å². The first kappa shape index (κ1) is 9.62. The minimum atomic E-state index is -0.0252. The summed E-state index contributed by atoms with van der Waals surface area (Å²) in [7, 11) is 0. The highest BCUT2D eigenvalue weighted by atomic mass is 32.1. The monoisotopic (exact) mass is 217 g/mol. The summed E-state index contributed by atoms with van der Waals surface area (Å²) in [6, 6.07) is 5.56. The van der Waals surface area contributed by atoms with Crippen molar-refractivity contribution in [2.75, 3.05) is 0 Å². The van der Waals surface area contributed by atoms with Crippen LogP contribution in [0.15, 0.2) is 34.7 Å². The zero-order valence-corrected chi connectivity index (χ0v) is 8.57. The molecule has 0 atom stereocenters. The van der Waals surface area contributed by atoms with Crippen molar-refractivity contribution in [1.29, 1.82) is 5.26 Å². The van der Waals surface area contributed by atoms with Crippen molar-refractivity contribution in [3.63, 3.8) is 0 Å². The van der Waals surface area contributed by atoms with Crippen LogP contribution in [-0.2, 0) is 6.54 Å². The number of aromatic nitrogens is 2. The van der Waals surface area contributed by atoms with E-state index < -0.39 is 0 Å². The molecule has 0 aliphatic heterocycles. The van der Waals surface area contributed by atoms with Crippen LogP contribution in [-0.4, -0.2) is 9.55 Å². The van der Waals surface area contributed by atoms with E-state index in [4.69, 9.17) is 5.26 Å².